The molecule has 8 nitrogen and oxygen atoms in total. The zero-order valence-corrected chi connectivity index (χ0v) is 18.3. The summed E-state index contributed by atoms with van der Waals surface area (Å²) in [5, 5.41) is 16.6. The lowest BCUT2D eigenvalue weighted by atomic mass is 10.1. The molecule has 10 heteroatoms. The minimum Gasteiger partial charge on any atom is -0.494 e. The molecule has 0 atom stereocenters. The highest BCUT2D eigenvalue weighted by atomic mass is 79.9. The van der Waals surface area contributed by atoms with E-state index in [0.29, 0.717) is 22.1 Å². The first-order valence-corrected chi connectivity index (χ1v) is 10.1. The van der Waals surface area contributed by atoms with Gasteiger partial charge in [-0.2, -0.15) is 10.1 Å². The molecule has 0 radical (unpaired) electrons. The van der Waals surface area contributed by atoms with Crippen LogP contribution >= 0.6 is 27.5 Å². The molecule has 1 amide bonds. The summed E-state index contributed by atoms with van der Waals surface area (Å²) in [7, 11) is 0. The highest BCUT2D eigenvalue weighted by Crippen LogP contribution is 2.27. The highest BCUT2D eigenvalue weighted by Gasteiger charge is 2.29. The number of aromatic hydroxyl groups is 1. The second-order valence-corrected chi connectivity index (χ2v) is 8.00. The number of hydrazone groups is 1. The van der Waals surface area contributed by atoms with Crippen LogP contribution in [0.15, 0.2) is 73.3 Å². The average Bonchev–Trinajstić information content (AvgIpc) is 3.01. The molecule has 4 rings (SSSR count). The third-order valence-corrected chi connectivity index (χ3v) is 5.41. The summed E-state index contributed by atoms with van der Waals surface area (Å²) in [6, 6.07) is 13.1. The summed E-state index contributed by atoms with van der Waals surface area (Å²) in [5.74, 6) is -1.07. The Morgan fingerprint density at radius 3 is 2.29 bits per heavy atom. The van der Waals surface area contributed by atoms with E-state index in [0.717, 1.165) is 9.04 Å². The Labute approximate surface area is 188 Å². The van der Waals surface area contributed by atoms with Crippen LogP contribution in [0, 0.1) is 0 Å². The lowest BCUT2D eigenvalue weighted by Crippen LogP contribution is -2.30. The number of hydrogen-bond acceptors (Lipinski definition) is 5. The maximum absolute atomic E-state index is 12.9. The highest BCUT2D eigenvalue weighted by molar-refractivity contribution is 9.10. The molecular formula is C21H14BrClN4O4. The van der Waals surface area contributed by atoms with Gasteiger partial charge in [0.05, 0.1) is 22.7 Å². The molecule has 0 spiro atoms. The molecule has 0 fully saturated rings. The number of benzene rings is 2. The third kappa shape index (κ3) is 3.85. The van der Waals surface area contributed by atoms with Gasteiger partial charge in [0.1, 0.15) is 5.56 Å². The summed E-state index contributed by atoms with van der Waals surface area (Å²) in [6.07, 6.45) is 1.22. The number of H-pyrrole nitrogens is 1. The number of carbonyl (C=O) groups excluding carboxylic acids is 1. The number of halogens is 2. The van der Waals surface area contributed by atoms with Crippen molar-refractivity contribution < 1.29 is 9.90 Å². The van der Waals surface area contributed by atoms with Crippen molar-refractivity contribution in [1.29, 1.82) is 0 Å². The molecular weight excluding hydrogens is 488 g/mol. The Morgan fingerprint density at radius 1 is 1.03 bits per heavy atom. The fourth-order valence-electron chi connectivity index (χ4n) is 3.08. The second-order valence-electron chi connectivity index (χ2n) is 6.65. The number of amides is 1. The van der Waals surface area contributed by atoms with E-state index in [-0.39, 0.29) is 11.1 Å². The van der Waals surface area contributed by atoms with Gasteiger partial charge >= 0.3 is 5.69 Å². The van der Waals surface area contributed by atoms with Crippen molar-refractivity contribution >= 4 is 50.9 Å². The van der Waals surface area contributed by atoms with Crippen molar-refractivity contribution in [3.63, 3.8) is 0 Å². The molecule has 1 aliphatic heterocycles. The van der Waals surface area contributed by atoms with Crippen LogP contribution in [0.1, 0.15) is 12.5 Å². The summed E-state index contributed by atoms with van der Waals surface area (Å²) in [5.41, 5.74) is -0.594. The van der Waals surface area contributed by atoms with E-state index in [9.17, 15) is 19.5 Å². The Morgan fingerprint density at radius 2 is 1.65 bits per heavy atom. The summed E-state index contributed by atoms with van der Waals surface area (Å²) >= 11 is 9.22. The monoisotopic (exact) mass is 500 g/mol. The summed E-state index contributed by atoms with van der Waals surface area (Å²) in [6.45, 7) is 1.61. The first kappa shape index (κ1) is 20.8. The topological polar surface area (TPSA) is 108 Å². The number of rotatable bonds is 3. The van der Waals surface area contributed by atoms with Crippen LogP contribution in [0.2, 0.25) is 5.02 Å². The fourth-order valence-corrected chi connectivity index (χ4v) is 3.47. The standard InChI is InChI=1S/C21H14BrClN4O4/c1-11-16(20(30)27(25-11)15-6-2-12(22)3-7-15)10-17-18(28)24-21(31)26(19(17)29)14-8-4-13(23)5-9-14/h2-10,29H,1H3,(H,24,28,31). The molecule has 2 N–H and O–H groups in total. The third-order valence-electron chi connectivity index (χ3n) is 4.63. The molecule has 0 saturated carbocycles. The van der Waals surface area contributed by atoms with Crippen molar-refractivity contribution in [2.24, 2.45) is 5.10 Å². The smallest absolute Gasteiger partial charge is 0.335 e. The average molecular weight is 502 g/mol. The molecule has 3 aromatic rings. The van der Waals surface area contributed by atoms with Gasteiger partial charge in [0.25, 0.3) is 11.5 Å². The SMILES string of the molecule is CC1=NN(c2ccc(Br)cc2)C(=O)C1=Cc1c(O)n(-c2ccc(Cl)cc2)c(=O)[nH]c1=O. The summed E-state index contributed by atoms with van der Waals surface area (Å²) in [4.78, 5) is 39.8. The number of aromatic amines is 1. The minimum atomic E-state index is -0.831. The van der Waals surface area contributed by atoms with Crippen LogP contribution in [0.25, 0.3) is 11.8 Å². The van der Waals surface area contributed by atoms with E-state index in [4.69, 9.17) is 11.6 Å². The van der Waals surface area contributed by atoms with Crippen LogP contribution in [0.5, 0.6) is 5.88 Å². The maximum atomic E-state index is 12.9. The van der Waals surface area contributed by atoms with Crippen molar-refractivity contribution in [3.05, 3.63) is 90.0 Å². The molecule has 2 aromatic carbocycles. The van der Waals surface area contributed by atoms with Crippen LogP contribution in [0.4, 0.5) is 5.69 Å². The first-order valence-electron chi connectivity index (χ1n) is 8.98. The van der Waals surface area contributed by atoms with E-state index >= 15 is 0 Å². The van der Waals surface area contributed by atoms with Gasteiger partial charge in [0.2, 0.25) is 5.88 Å². The Balaban J connectivity index is 1.81. The van der Waals surface area contributed by atoms with Gasteiger partial charge in [0, 0.05) is 9.50 Å². The van der Waals surface area contributed by atoms with Gasteiger partial charge in [-0.1, -0.05) is 27.5 Å². The normalized spacial score (nSPS) is 14.9. The molecule has 1 aliphatic rings. The number of nitrogens with one attached hydrogen (secondary N) is 1. The maximum Gasteiger partial charge on any atom is 0.335 e. The van der Waals surface area contributed by atoms with Crippen molar-refractivity contribution in [2.45, 2.75) is 6.92 Å². The van der Waals surface area contributed by atoms with E-state index < -0.39 is 23.0 Å². The molecule has 0 aliphatic carbocycles. The van der Waals surface area contributed by atoms with E-state index in [1.54, 1.807) is 43.3 Å². The Hall–Kier alpha value is -3.43. The first-order chi connectivity index (χ1) is 14.8. The van der Waals surface area contributed by atoms with Gasteiger partial charge in [-0.3, -0.25) is 14.6 Å². The number of carbonyl (C=O) groups is 1. The predicted octanol–water partition coefficient (Wildman–Crippen LogP) is 3.45. The number of aromatic nitrogens is 2. The van der Waals surface area contributed by atoms with E-state index in [1.165, 1.54) is 23.2 Å². The van der Waals surface area contributed by atoms with Crippen molar-refractivity contribution in [2.75, 3.05) is 5.01 Å². The number of nitrogens with zero attached hydrogens (tertiary/aromatic N) is 3. The quantitative estimate of drug-likeness (QED) is 0.536. The molecule has 2 heterocycles. The zero-order chi connectivity index (χ0) is 22.3. The van der Waals surface area contributed by atoms with Gasteiger partial charge in [0.15, 0.2) is 0 Å². The molecule has 0 unspecified atom stereocenters. The molecule has 0 bridgehead atoms. The molecule has 1 aromatic heterocycles. The number of hydrogen-bond donors (Lipinski definition) is 2. The van der Waals surface area contributed by atoms with Crippen molar-refractivity contribution in [3.8, 4) is 11.6 Å². The van der Waals surface area contributed by atoms with Crippen LogP contribution in [-0.2, 0) is 4.79 Å². The summed E-state index contributed by atoms with van der Waals surface area (Å²) < 4.78 is 1.77. The zero-order valence-electron chi connectivity index (χ0n) is 16.0. The Bertz CT molecular complexity index is 1370. The number of anilines is 1. The van der Waals surface area contributed by atoms with Crippen LogP contribution in [-0.4, -0.2) is 26.3 Å². The van der Waals surface area contributed by atoms with Crippen molar-refractivity contribution in [1.82, 2.24) is 9.55 Å². The Kier molecular flexibility index (Phi) is 5.38. The lowest BCUT2D eigenvalue weighted by molar-refractivity contribution is -0.114. The van der Waals surface area contributed by atoms with Crippen LogP contribution in [0.3, 0.4) is 0 Å². The fraction of sp³-hybridized carbons (Fsp3) is 0.0476. The molecule has 0 saturated heterocycles. The molecule has 31 heavy (non-hydrogen) atoms. The predicted molar refractivity (Wildman–Crippen MR) is 122 cm³/mol. The van der Waals surface area contributed by atoms with Gasteiger partial charge in [-0.15, -0.1) is 0 Å². The second kappa shape index (κ2) is 8.01. The van der Waals surface area contributed by atoms with E-state index in [1.807, 2.05) is 0 Å². The largest absolute Gasteiger partial charge is 0.494 e. The van der Waals surface area contributed by atoms with E-state index in [2.05, 4.69) is 26.0 Å². The van der Waals surface area contributed by atoms with Crippen LogP contribution < -0.4 is 16.3 Å². The van der Waals surface area contributed by atoms with Gasteiger partial charge in [-0.25, -0.2) is 9.36 Å². The minimum absolute atomic E-state index is 0.116. The molecule has 156 valence electrons. The van der Waals surface area contributed by atoms with Gasteiger partial charge in [-0.05, 0) is 61.5 Å². The van der Waals surface area contributed by atoms with Gasteiger partial charge < -0.3 is 5.11 Å². The lowest BCUT2D eigenvalue weighted by Gasteiger charge is -2.12.